The van der Waals surface area contributed by atoms with Crippen molar-refractivity contribution in [1.82, 2.24) is 19.9 Å². The van der Waals surface area contributed by atoms with Gasteiger partial charge < -0.3 is 9.97 Å². The number of fused-ring (bicyclic) bond motifs is 8. The molecule has 0 spiro atoms. The predicted molar refractivity (Wildman–Crippen MR) is 230 cm³/mol. The van der Waals surface area contributed by atoms with E-state index in [0.717, 1.165) is 109 Å². The molecule has 2 aliphatic heterocycles. The molecule has 8 bridgehead atoms. The SMILES string of the molecule is Sc1cccc(-c2c3nc(c(-c4cccc(S)c4)c4ccc([nH]4)c(-c4cccc(S)c4)c4ccc([nH]4)c(-c4cccc(S)c4)c4nc2C=C4)C=C3)c1. The van der Waals surface area contributed by atoms with Gasteiger partial charge in [0.05, 0.1) is 22.8 Å². The number of rotatable bonds is 4. The van der Waals surface area contributed by atoms with Crippen LogP contribution in [-0.4, -0.2) is 19.9 Å². The number of thiol groups is 4. The molecule has 0 fully saturated rings. The Hall–Kier alpha value is -5.12. The van der Waals surface area contributed by atoms with Crippen LogP contribution in [0.4, 0.5) is 0 Å². The highest BCUT2D eigenvalue weighted by atomic mass is 32.1. The molecule has 9 rings (SSSR count). The van der Waals surface area contributed by atoms with E-state index in [1.165, 1.54) is 0 Å². The summed E-state index contributed by atoms with van der Waals surface area (Å²) in [5.41, 5.74) is 15.0. The van der Waals surface area contributed by atoms with Gasteiger partial charge in [0.25, 0.3) is 0 Å². The molecule has 0 unspecified atom stereocenters. The molecule has 4 aromatic carbocycles. The summed E-state index contributed by atoms with van der Waals surface area (Å²) in [5.74, 6) is 0. The molecule has 8 heteroatoms. The van der Waals surface area contributed by atoms with E-state index in [4.69, 9.17) is 60.5 Å². The van der Waals surface area contributed by atoms with E-state index < -0.39 is 0 Å². The summed E-state index contributed by atoms with van der Waals surface area (Å²) in [6.45, 7) is 0. The molecular weight excluding hydrogens is 713 g/mol. The predicted octanol–water partition coefficient (Wildman–Crippen LogP) is 12.5. The molecule has 0 saturated heterocycles. The molecule has 4 nitrogen and oxygen atoms in total. The highest BCUT2D eigenvalue weighted by Gasteiger charge is 2.20. The minimum atomic E-state index is 0.816. The molecule has 0 radical (unpaired) electrons. The normalized spacial score (nSPS) is 12.1. The van der Waals surface area contributed by atoms with Crippen molar-refractivity contribution in [2.75, 3.05) is 0 Å². The Bertz CT molecular complexity index is 2660. The molecule has 250 valence electrons. The highest BCUT2D eigenvalue weighted by molar-refractivity contribution is 7.80. The van der Waals surface area contributed by atoms with Crippen LogP contribution in [0.5, 0.6) is 0 Å². The number of nitrogens with one attached hydrogen (secondary N) is 2. The monoisotopic (exact) mass is 742 g/mol. The lowest BCUT2D eigenvalue weighted by molar-refractivity contribution is 1.27. The molecule has 0 aliphatic carbocycles. The van der Waals surface area contributed by atoms with Gasteiger partial charge in [0.2, 0.25) is 0 Å². The zero-order valence-corrected chi connectivity index (χ0v) is 31.1. The first-order valence-corrected chi connectivity index (χ1v) is 18.5. The lowest BCUT2D eigenvalue weighted by atomic mass is 10.0. The molecule has 7 aromatic rings. The fourth-order valence-electron chi connectivity index (χ4n) is 7.07. The third-order valence-electron chi connectivity index (χ3n) is 9.29. The fourth-order valence-corrected chi connectivity index (χ4v) is 7.97. The summed E-state index contributed by atoms with van der Waals surface area (Å²) in [5, 5.41) is 0. The third kappa shape index (κ3) is 6.11. The summed E-state index contributed by atoms with van der Waals surface area (Å²) in [6, 6.07) is 41.3. The molecule has 0 saturated carbocycles. The second-order valence-corrected chi connectivity index (χ2v) is 14.8. The van der Waals surface area contributed by atoms with Crippen LogP contribution in [0, 0.1) is 0 Å². The minimum absolute atomic E-state index is 0.816. The molecule has 3 aromatic heterocycles. The largest absolute Gasteiger partial charge is 0.354 e. The molecular formula is C44H30N4S4. The van der Waals surface area contributed by atoms with Crippen molar-refractivity contribution in [3.8, 4) is 44.5 Å². The van der Waals surface area contributed by atoms with E-state index >= 15 is 0 Å². The van der Waals surface area contributed by atoms with Gasteiger partial charge in [-0.25, -0.2) is 9.97 Å². The molecule has 52 heavy (non-hydrogen) atoms. The van der Waals surface area contributed by atoms with Gasteiger partial charge in [-0.1, -0.05) is 48.5 Å². The standard InChI is InChI=1S/C44H30N4S4/c49-29-9-1-5-25(21-29)41-33-13-15-35(45-33)42(26-6-2-10-30(50)22-26)37-17-19-39(47-37)44(28-8-4-12-32(52)24-28)40-20-18-38(48-40)43(36-16-14-34(41)46-36)27-7-3-11-31(51)23-27/h1-24,45-46,49-52H. The van der Waals surface area contributed by atoms with E-state index in [-0.39, 0.29) is 0 Å². The Morgan fingerprint density at radius 3 is 0.962 bits per heavy atom. The topological polar surface area (TPSA) is 57.4 Å². The van der Waals surface area contributed by atoms with Gasteiger partial charge in [0.1, 0.15) is 0 Å². The maximum Gasteiger partial charge on any atom is 0.0738 e. The van der Waals surface area contributed by atoms with Crippen molar-refractivity contribution in [2.45, 2.75) is 19.6 Å². The summed E-state index contributed by atoms with van der Waals surface area (Å²) < 4.78 is 0. The van der Waals surface area contributed by atoms with Crippen LogP contribution in [0.25, 0.3) is 90.9 Å². The van der Waals surface area contributed by atoms with Crippen molar-refractivity contribution < 1.29 is 0 Å². The first kappa shape index (κ1) is 32.8. The van der Waals surface area contributed by atoms with E-state index in [9.17, 15) is 0 Å². The van der Waals surface area contributed by atoms with Gasteiger partial charge in [0.15, 0.2) is 0 Å². The van der Waals surface area contributed by atoms with E-state index in [2.05, 4.69) is 107 Å². The number of aromatic nitrogens is 4. The second kappa shape index (κ2) is 13.5. The van der Waals surface area contributed by atoms with Gasteiger partial charge in [-0.05, 0) is 119 Å². The Balaban J connectivity index is 1.49. The zero-order valence-electron chi connectivity index (χ0n) is 27.5. The Morgan fingerprint density at radius 2 is 0.615 bits per heavy atom. The van der Waals surface area contributed by atoms with Crippen molar-refractivity contribution >= 4 is 96.9 Å². The van der Waals surface area contributed by atoms with Gasteiger partial charge in [-0.2, -0.15) is 0 Å². The van der Waals surface area contributed by atoms with Gasteiger partial charge in [-0.3, -0.25) is 0 Å². The van der Waals surface area contributed by atoms with Crippen LogP contribution in [-0.2, 0) is 0 Å². The van der Waals surface area contributed by atoms with Crippen LogP contribution < -0.4 is 0 Å². The quantitative estimate of drug-likeness (QED) is 0.102. The van der Waals surface area contributed by atoms with E-state index in [0.29, 0.717) is 0 Å². The molecule has 0 amide bonds. The van der Waals surface area contributed by atoms with Crippen LogP contribution in [0.2, 0.25) is 0 Å². The smallest absolute Gasteiger partial charge is 0.0738 e. The average Bonchev–Trinajstić information content (AvgIpc) is 3.96. The summed E-state index contributed by atoms with van der Waals surface area (Å²) in [7, 11) is 0. The Labute approximate surface area is 323 Å². The summed E-state index contributed by atoms with van der Waals surface area (Å²) in [6.07, 6.45) is 8.34. The summed E-state index contributed by atoms with van der Waals surface area (Å²) >= 11 is 18.9. The fraction of sp³-hybridized carbons (Fsp3) is 0. The number of hydrogen-bond donors (Lipinski definition) is 6. The van der Waals surface area contributed by atoms with Crippen molar-refractivity contribution in [3.05, 3.63) is 144 Å². The van der Waals surface area contributed by atoms with Crippen LogP contribution in [0.3, 0.4) is 0 Å². The van der Waals surface area contributed by atoms with Gasteiger partial charge in [0, 0.05) is 63.9 Å². The molecule has 0 atom stereocenters. The van der Waals surface area contributed by atoms with Crippen molar-refractivity contribution in [3.63, 3.8) is 0 Å². The van der Waals surface area contributed by atoms with Crippen molar-refractivity contribution in [1.29, 1.82) is 0 Å². The molecule has 2 aliphatic rings. The third-order valence-corrected chi connectivity index (χ3v) is 10.4. The number of H-pyrrole nitrogens is 2. The molecule has 5 heterocycles. The average molecular weight is 743 g/mol. The van der Waals surface area contributed by atoms with Gasteiger partial charge in [-0.15, -0.1) is 50.5 Å². The van der Waals surface area contributed by atoms with Gasteiger partial charge >= 0.3 is 0 Å². The number of nitrogens with zero attached hydrogens (tertiary/aromatic N) is 2. The van der Waals surface area contributed by atoms with Crippen LogP contribution in [0.1, 0.15) is 22.8 Å². The van der Waals surface area contributed by atoms with Crippen LogP contribution in [0.15, 0.2) is 141 Å². The lowest BCUT2D eigenvalue weighted by Gasteiger charge is -2.08. The Kier molecular flexibility index (Phi) is 8.48. The number of hydrogen-bond acceptors (Lipinski definition) is 6. The van der Waals surface area contributed by atoms with Crippen molar-refractivity contribution in [2.24, 2.45) is 0 Å². The second-order valence-electron chi connectivity index (χ2n) is 12.7. The maximum atomic E-state index is 5.35. The molecule has 2 N–H and O–H groups in total. The number of aromatic amines is 2. The summed E-state index contributed by atoms with van der Waals surface area (Å²) in [4.78, 5) is 21.8. The van der Waals surface area contributed by atoms with E-state index in [1.807, 2.05) is 48.5 Å². The first-order valence-electron chi connectivity index (χ1n) is 16.7. The lowest BCUT2D eigenvalue weighted by Crippen LogP contribution is -1.91. The van der Waals surface area contributed by atoms with E-state index in [1.54, 1.807) is 0 Å². The zero-order chi connectivity index (χ0) is 35.3. The maximum absolute atomic E-state index is 5.35. The minimum Gasteiger partial charge on any atom is -0.354 e. The first-order chi connectivity index (χ1) is 25.4. The Morgan fingerprint density at radius 1 is 0.327 bits per heavy atom. The number of benzene rings is 4. The van der Waals surface area contributed by atoms with Crippen LogP contribution >= 0.6 is 50.5 Å². The highest BCUT2D eigenvalue weighted by Crippen LogP contribution is 2.39.